The highest BCUT2D eigenvalue weighted by Crippen LogP contribution is 2.50. The Kier molecular flexibility index (Phi) is 49.3. The van der Waals surface area contributed by atoms with Crippen molar-refractivity contribution in [3.63, 3.8) is 0 Å². The number of ether oxygens (including phenoxy) is 7. The third-order valence-corrected chi connectivity index (χ3v) is 25.0. The van der Waals surface area contributed by atoms with Crippen LogP contribution in [0.25, 0.3) is 0 Å². The van der Waals surface area contributed by atoms with Gasteiger partial charge in [0.05, 0.1) is 127 Å². The maximum Gasteiger partial charge on any atom is 0.473 e. The van der Waals surface area contributed by atoms with Crippen LogP contribution >= 0.6 is 15.4 Å². The molecule has 3 fully saturated rings. The summed E-state index contributed by atoms with van der Waals surface area (Å²) in [6, 6.07) is 3.04. The number of methoxy groups -OCH3 is 2. The fourth-order valence-electron chi connectivity index (χ4n) is 15.8. The molecule has 3 aliphatic rings. The molecule has 2 aromatic rings. The number of phosphoric ester groups is 1. The van der Waals surface area contributed by atoms with E-state index in [-0.39, 0.29) is 152 Å². The highest BCUT2D eigenvalue weighted by atomic mass is 31.2. The van der Waals surface area contributed by atoms with Gasteiger partial charge in [0.1, 0.15) is 42.4 Å². The SMILES string of the molecule is CC[C@H](C)[C@@H]([C@@H](CC(=O)N1CCC[C@H]1[C@H](OC)[C@@H](C)C(=O)N[C@H](C)[C@@H](OP(=O)(O)OCc1ccc(NC(=O)[C@H](CCCNC(N)=O)NC(=O)[C@@H](NC(=O)[C@H](CC(=O)N[C@H]2CCOC2=O)NC(=O)CCOCCOCCOCCOCCNC(=O)[C@H](CNC(=O)CCP(=O)(O)O)N2C(=O)CC(C)C2=O)C(C)C)cc1)c1ccccc1)OC)N(C)C(=O)[C@@H](NC(=O)[C@H](C(C)C)N(C)C)C(C)C. The molecular formula is C88H143N15O29P2. The van der Waals surface area contributed by atoms with Crippen LogP contribution in [0, 0.1) is 35.5 Å². The van der Waals surface area contributed by atoms with E-state index in [9.17, 15) is 85.9 Å². The van der Waals surface area contributed by atoms with Crippen molar-refractivity contribution in [2.45, 2.75) is 232 Å². The number of likely N-dealkylation sites (tertiary alicyclic amines) is 2. The van der Waals surface area contributed by atoms with Crippen molar-refractivity contribution < 1.29 is 138 Å². The van der Waals surface area contributed by atoms with Gasteiger partial charge in [-0.15, -0.1) is 0 Å². The first-order valence-electron chi connectivity index (χ1n) is 45.4. The smallest absolute Gasteiger partial charge is 0.464 e. The van der Waals surface area contributed by atoms with E-state index in [1.165, 1.54) is 45.4 Å². The Hall–Kier alpha value is -9.53. The van der Waals surface area contributed by atoms with Gasteiger partial charge in [-0.25, -0.2) is 14.2 Å². The second kappa shape index (κ2) is 57.5. The lowest BCUT2D eigenvalue weighted by molar-refractivity contribution is -0.148. The first-order valence-corrected chi connectivity index (χ1v) is 48.7. The lowest BCUT2D eigenvalue weighted by Gasteiger charge is -2.41. The first-order chi connectivity index (χ1) is 63.2. The number of urea groups is 1. The Morgan fingerprint density at radius 1 is 0.634 bits per heavy atom. The predicted octanol–water partition coefficient (Wildman–Crippen LogP) is 1.55. The van der Waals surface area contributed by atoms with Crippen LogP contribution in [0.5, 0.6) is 0 Å². The van der Waals surface area contributed by atoms with E-state index in [1.807, 2.05) is 60.5 Å². The van der Waals surface area contributed by atoms with Crippen molar-refractivity contribution >= 4 is 110 Å². The quantitative estimate of drug-likeness (QED) is 0.0193. The number of cyclic esters (lactones) is 1. The number of hydrogen-bond donors (Lipinski definition) is 14. The number of hydrogen-bond acceptors (Lipinski definition) is 27. The summed E-state index contributed by atoms with van der Waals surface area (Å²) < 4.78 is 75.9. The lowest BCUT2D eigenvalue weighted by atomic mass is 9.89. The molecule has 134 heavy (non-hydrogen) atoms. The molecule has 44 nitrogen and oxygen atoms in total. The van der Waals surface area contributed by atoms with E-state index >= 15 is 0 Å². The summed E-state index contributed by atoms with van der Waals surface area (Å²) in [6.07, 6.45) is -3.58. The largest absolute Gasteiger partial charge is 0.473 e. The van der Waals surface area contributed by atoms with Crippen LogP contribution < -0.4 is 58.9 Å². The zero-order valence-electron chi connectivity index (χ0n) is 79.8. The van der Waals surface area contributed by atoms with Crippen molar-refractivity contribution in [1.29, 1.82) is 0 Å². The Balaban J connectivity index is 1.14. The molecule has 0 aromatic heterocycles. The second-order valence-corrected chi connectivity index (χ2v) is 38.1. The maximum atomic E-state index is 14.7. The number of phosphoric acid groups is 1. The molecule has 754 valence electrons. The summed E-state index contributed by atoms with van der Waals surface area (Å²) in [5.41, 5.74) is 6.22. The highest BCUT2D eigenvalue weighted by Gasteiger charge is 2.47. The molecule has 17 atom stereocenters. The number of amides is 15. The van der Waals surface area contributed by atoms with Crippen LogP contribution in [0.1, 0.15) is 164 Å². The Labute approximate surface area is 783 Å². The minimum atomic E-state index is -5.02. The van der Waals surface area contributed by atoms with E-state index in [2.05, 4.69) is 53.2 Å². The maximum absolute atomic E-state index is 14.7. The Bertz CT molecular complexity index is 4280. The third-order valence-electron chi connectivity index (χ3n) is 23.2. The zero-order chi connectivity index (χ0) is 99.9. The van der Waals surface area contributed by atoms with E-state index < -0.39 is 215 Å². The zero-order valence-corrected chi connectivity index (χ0v) is 81.6. The van der Waals surface area contributed by atoms with Gasteiger partial charge in [-0.2, -0.15) is 0 Å². The third kappa shape index (κ3) is 38.2. The number of carbonyl (C=O) groups excluding carboxylic acids is 15. The van der Waals surface area contributed by atoms with Gasteiger partial charge in [0.15, 0.2) is 0 Å². The van der Waals surface area contributed by atoms with Crippen molar-refractivity contribution in [2.24, 2.45) is 41.2 Å². The molecule has 15 N–H and O–H groups in total. The average Bonchev–Trinajstić information content (AvgIpc) is 1.59. The molecule has 0 radical (unpaired) electrons. The van der Waals surface area contributed by atoms with Crippen LogP contribution in [0.15, 0.2) is 54.6 Å². The van der Waals surface area contributed by atoms with Crippen LogP contribution in [0.3, 0.4) is 0 Å². The van der Waals surface area contributed by atoms with E-state index in [0.717, 1.165) is 4.90 Å². The number of rotatable bonds is 62. The normalized spacial score (nSPS) is 18.6. The molecular weight excluding hydrogens is 1790 g/mol. The molecule has 46 heteroatoms. The number of carbonyl (C=O) groups is 15. The molecule has 0 saturated carbocycles. The van der Waals surface area contributed by atoms with Gasteiger partial charge in [-0.1, -0.05) is 118 Å². The molecule has 3 heterocycles. The van der Waals surface area contributed by atoms with Crippen LogP contribution in [-0.4, -0.2) is 323 Å². The summed E-state index contributed by atoms with van der Waals surface area (Å²) >= 11 is 0. The van der Waals surface area contributed by atoms with Gasteiger partial charge in [0.25, 0.3) is 0 Å². The van der Waals surface area contributed by atoms with Gasteiger partial charge in [-0.05, 0) is 93.6 Å². The fourth-order valence-corrected chi connectivity index (χ4v) is 17.3. The Morgan fingerprint density at radius 2 is 1.25 bits per heavy atom. The molecule has 5 rings (SSSR count). The van der Waals surface area contributed by atoms with E-state index in [1.54, 1.807) is 74.9 Å². The van der Waals surface area contributed by atoms with Crippen LogP contribution in [0.4, 0.5) is 10.5 Å². The molecule has 3 saturated heterocycles. The summed E-state index contributed by atoms with van der Waals surface area (Å²) in [6.45, 7) is 19.2. The number of benzene rings is 2. The van der Waals surface area contributed by atoms with Crippen LogP contribution in [-0.2, 0) is 125 Å². The second-order valence-electron chi connectivity index (χ2n) is 34.9. The molecule has 0 bridgehead atoms. The standard InChI is InChI=1S/C88H143N15O29P2/c1-17-55(8)76(101(14)86(116)74(53(4)5)99-84(114)75(54(6)7)100(12)13)67(124-15)49-71(107)102-36-22-26-65(102)77(125-16)57(10)79(109)93-58(11)78(60-23-19-18-20-24-60)132-134(122,123)131-51-59-27-29-61(30-28-59)94-80(110)62(25-21-34-91-88(89)118)97-83(113)73(52(2)3)98-81(111)64(48-70(106)95-63-31-38-130-87(63)117)96-69(105)32-37-126-40-42-128-44-45-129-43-41-127-39-35-90-82(112)66(103-72(108)47-56(9)85(103)115)50-92-68(104)33-46-133(119,120)121/h18-20,23-24,27-30,52-58,62-67,73-78H,17,21-22,25-26,31-51H2,1-16H3,(H,90,112)(H,92,104)(H,93,109)(H,94,110)(H,95,106)(H,96,105)(H,97,113)(H,98,111)(H,99,114)(H,122,123)(H3,89,91,118)(H2,119,120,121)/t55-,56?,57+,58+,62-,63-,64-,65-,66-,67+,73-,74-,75-,76-,77+,78+/m0/s1. The molecule has 3 aliphatic heterocycles. The molecule has 15 amide bonds. The summed E-state index contributed by atoms with van der Waals surface area (Å²) in [5.74, 6) is -11.8. The summed E-state index contributed by atoms with van der Waals surface area (Å²) in [4.78, 5) is 237. The number of anilines is 1. The molecule has 0 spiro atoms. The van der Waals surface area contributed by atoms with Gasteiger partial charge >= 0.3 is 27.4 Å². The number of nitrogens with zero attached hydrogens (tertiary/aromatic N) is 4. The monoisotopic (exact) mass is 1940 g/mol. The number of primary amides is 1. The van der Waals surface area contributed by atoms with Crippen molar-refractivity contribution in [3.8, 4) is 0 Å². The number of imide groups is 1. The van der Waals surface area contributed by atoms with Gasteiger partial charge in [0, 0.05) is 84.7 Å². The minimum Gasteiger partial charge on any atom is -0.464 e. The number of nitrogens with one attached hydrogen (secondary N) is 10. The van der Waals surface area contributed by atoms with Gasteiger partial charge in [-0.3, -0.25) is 85.7 Å². The van der Waals surface area contributed by atoms with Crippen LogP contribution in [0.2, 0.25) is 0 Å². The number of likely N-dealkylation sites (N-methyl/N-ethyl adjacent to an activating group) is 2. The minimum absolute atomic E-state index is 0.00525. The number of esters is 1. The molecule has 2 aromatic carbocycles. The average molecular weight is 1940 g/mol. The van der Waals surface area contributed by atoms with Crippen molar-refractivity contribution in [1.82, 2.24) is 67.5 Å². The molecule has 0 aliphatic carbocycles. The topological polar surface area (TPSA) is 593 Å². The summed E-state index contributed by atoms with van der Waals surface area (Å²) in [5, 5.41) is 26.3. The van der Waals surface area contributed by atoms with Gasteiger partial charge in [0.2, 0.25) is 76.8 Å². The fraction of sp³-hybridized carbons (Fsp3) is 0.693. The van der Waals surface area contributed by atoms with Crippen molar-refractivity contribution in [3.05, 3.63) is 65.7 Å². The number of nitrogens with two attached hydrogens (primary N) is 1. The van der Waals surface area contributed by atoms with Crippen molar-refractivity contribution in [2.75, 3.05) is 132 Å². The first kappa shape index (κ1) is 115. The van der Waals surface area contributed by atoms with Gasteiger partial charge < -0.3 is 117 Å². The Morgan fingerprint density at radius 3 is 1.81 bits per heavy atom. The highest BCUT2D eigenvalue weighted by molar-refractivity contribution is 7.51. The van der Waals surface area contributed by atoms with E-state index in [4.69, 9.17) is 57.7 Å². The predicted molar refractivity (Wildman–Crippen MR) is 487 cm³/mol. The van der Waals surface area contributed by atoms with E-state index in [0.29, 0.717) is 36.9 Å². The lowest BCUT2D eigenvalue weighted by Crippen LogP contribution is -2.59. The molecule has 2 unspecified atom stereocenters. The summed E-state index contributed by atoms with van der Waals surface area (Å²) in [7, 11) is -1.25.